The van der Waals surface area contributed by atoms with Crippen molar-refractivity contribution < 1.29 is 4.39 Å². The van der Waals surface area contributed by atoms with Crippen LogP contribution in [0.5, 0.6) is 0 Å². The molecule has 2 aliphatic heterocycles. The lowest BCUT2D eigenvalue weighted by atomic mass is 10.2. The first-order valence-electron chi connectivity index (χ1n) is 11.2. The Balaban J connectivity index is 1.52. The van der Waals surface area contributed by atoms with E-state index in [0.717, 1.165) is 49.3 Å². The lowest BCUT2D eigenvalue weighted by Crippen LogP contribution is -2.60. The lowest BCUT2D eigenvalue weighted by Gasteiger charge is -2.35. The van der Waals surface area contributed by atoms with Gasteiger partial charge in [0.15, 0.2) is 17.4 Å². The monoisotopic (exact) mass is 457 g/mol. The van der Waals surface area contributed by atoms with Crippen LogP contribution in [0.3, 0.4) is 0 Å². The predicted octanol–water partition coefficient (Wildman–Crippen LogP) is 3.33. The van der Waals surface area contributed by atoms with Crippen LogP contribution < -0.4 is 16.0 Å². The molecule has 2 aliphatic rings. The van der Waals surface area contributed by atoms with Crippen LogP contribution in [0.1, 0.15) is 36.6 Å². The van der Waals surface area contributed by atoms with Gasteiger partial charge in [0.25, 0.3) is 0 Å². The Kier molecular flexibility index (Phi) is 7.39. The third-order valence-electron chi connectivity index (χ3n) is 5.58. The third kappa shape index (κ3) is 6.05. The van der Waals surface area contributed by atoms with Crippen LogP contribution >= 0.6 is 11.3 Å². The van der Waals surface area contributed by atoms with Crippen LogP contribution in [-0.4, -0.2) is 66.4 Å². The molecule has 2 atom stereocenters. The van der Waals surface area contributed by atoms with Gasteiger partial charge in [0.2, 0.25) is 0 Å². The van der Waals surface area contributed by atoms with Crippen molar-refractivity contribution in [3.63, 3.8) is 0 Å². The van der Waals surface area contributed by atoms with E-state index >= 15 is 0 Å². The first-order valence-corrected chi connectivity index (χ1v) is 12.0. The molecule has 2 unspecified atom stereocenters. The topological polar surface area (TPSA) is 67.8 Å². The number of likely N-dealkylation sites (N-methyl/N-ethyl adjacent to an activating group) is 1. The maximum Gasteiger partial charge on any atom is 0.198 e. The maximum atomic E-state index is 13.6. The van der Waals surface area contributed by atoms with Gasteiger partial charge in [-0.25, -0.2) is 14.4 Å². The van der Waals surface area contributed by atoms with Gasteiger partial charge >= 0.3 is 0 Å². The van der Waals surface area contributed by atoms with E-state index in [-0.39, 0.29) is 18.3 Å². The molecule has 0 aliphatic carbocycles. The molecule has 1 fully saturated rings. The Bertz CT molecular complexity index is 957. The Labute approximate surface area is 193 Å². The van der Waals surface area contributed by atoms with Crippen LogP contribution in [-0.2, 0) is 0 Å². The van der Waals surface area contributed by atoms with Crippen LogP contribution in [0.2, 0.25) is 0 Å². The number of guanidine groups is 1. The normalized spacial score (nSPS) is 22.7. The number of nitrogens with zero attached hydrogens (tertiary/aromatic N) is 4. The molecule has 1 aromatic heterocycles. The fourth-order valence-corrected chi connectivity index (χ4v) is 4.55. The van der Waals surface area contributed by atoms with Gasteiger partial charge in [-0.2, -0.15) is 0 Å². The second-order valence-electron chi connectivity index (χ2n) is 8.57. The van der Waals surface area contributed by atoms with Gasteiger partial charge in [-0.1, -0.05) is 32.1 Å². The maximum absolute atomic E-state index is 13.6. The van der Waals surface area contributed by atoms with Crippen molar-refractivity contribution >= 4 is 28.5 Å². The summed E-state index contributed by atoms with van der Waals surface area (Å²) in [6.45, 7) is 8.30. The fourth-order valence-electron chi connectivity index (χ4n) is 3.71. The van der Waals surface area contributed by atoms with Crippen molar-refractivity contribution in [2.24, 2.45) is 4.99 Å². The zero-order chi connectivity index (χ0) is 22.5. The molecule has 9 heteroatoms. The number of rotatable bonds is 5. The summed E-state index contributed by atoms with van der Waals surface area (Å²) >= 11 is 1.66. The number of hydrogen-bond donors (Lipinski definition) is 3. The summed E-state index contributed by atoms with van der Waals surface area (Å²) in [7, 11) is 2.16. The van der Waals surface area contributed by atoms with E-state index in [1.54, 1.807) is 17.4 Å². The molecule has 2 aromatic rings. The highest BCUT2D eigenvalue weighted by atomic mass is 32.1. The van der Waals surface area contributed by atoms with Gasteiger partial charge in [-0.15, -0.1) is 11.3 Å². The number of aromatic nitrogens is 1. The van der Waals surface area contributed by atoms with Crippen LogP contribution in [0.4, 0.5) is 9.52 Å². The van der Waals surface area contributed by atoms with Gasteiger partial charge in [0.1, 0.15) is 12.0 Å². The average molecular weight is 458 g/mol. The van der Waals surface area contributed by atoms with Crippen LogP contribution in [0.25, 0.3) is 6.08 Å². The van der Waals surface area contributed by atoms with E-state index in [4.69, 9.17) is 4.99 Å². The third-order valence-corrected chi connectivity index (χ3v) is 6.80. The molecule has 0 radical (unpaired) electrons. The van der Waals surface area contributed by atoms with Crippen molar-refractivity contribution in [2.75, 3.05) is 38.5 Å². The van der Waals surface area contributed by atoms with Gasteiger partial charge in [0, 0.05) is 30.7 Å². The quantitative estimate of drug-likeness (QED) is 0.640. The van der Waals surface area contributed by atoms with Gasteiger partial charge in [-0.3, -0.25) is 5.32 Å². The minimum atomic E-state index is -0.319. The number of anilines is 1. The summed E-state index contributed by atoms with van der Waals surface area (Å²) in [5.41, 5.74) is 0.820. The van der Waals surface area contributed by atoms with E-state index < -0.39 is 0 Å². The van der Waals surface area contributed by atoms with E-state index in [0.29, 0.717) is 5.92 Å². The van der Waals surface area contributed by atoms with Crippen molar-refractivity contribution in [1.82, 2.24) is 25.4 Å². The molecule has 0 saturated carbocycles. The zero-order valence-electron chi connectivity index (χ0n) is 18.9. The molecule has 3 heterocycles. The molecular formula is C23H32FN7S. The molecular weight excluding hydrogens is 425 g/mol. The molecule has 1 saturated heterocycles. The number of hydrogen-bond acceptors (Lipinski definition) is 8. The van der Waals surface area contributed by atoms with E-state index in [1.165, 1.54) is 17.0 Å². The van der Waals surface area contributed by atoms with E-state index in [9.17, 15) is 4.39 Å². The second-order valence-corrected chi connectivity index (χ2v) is 9.63. The highest BCUT2D eigenvalue weighted by Crippen LogP contribution is 2.25. The minimum Gasteiger partial charge on any atom is -0.342 e. The Morgan fingerprint density at radius 3 is 2.91 bits per heavy atom. The molecule has 1 aromatic carbocycles. The first kappa shape index (κ1) is 22.7. The average Bonchev–Trinajstić information content (AvgIpc) is 3.12. The van der Waals surface area contributed by atoms with Gasteiger partial charge in [0.05, 0.1) is 0 Å². The Morgan fingerprint density at radius 2 is 2.12 bits per heavy atom. The molecule has 4 rings (SSSR count). The molecule has 7 nitrogen and oxygen atoms in total. The van der Waals surface area contributed by atoms with Gasteiger partial charge in [-0.05, 0) is 49.7 Å². The number of halogens is 1. The number of thiazole rings is 1. The fraction of sp³-hybridized carbons (Fsp3) is 0.478. The standard InChI is InChI=1S/C23H32FN7S/c1-16(2)19-15-25-23(32-19)29-21-26-20(9-8-17-6-4-7-18(24)14-17)27-22(28-21)31-11-5-10-30(3)12-13-31/h4,6-9,14-16,20-21,26H,5,10-13H2,1-3H3,(H,25,29)(H,27,28). The van der Waals surface area contributed by atoms with Crippen molar-refractivity contribution in [2.45, 2.75) is 38.6 Å². The van der Waals surface area contributed by atoms with Crippen molar-refractivity contribution in [3.05, 3.63) is 52.8 Å². The molecule has 3 N–H and O–H groups in total. The lowest BCUT2D eigenvalue weighted by molar-refractivity contribution is 0.336. The van der Waals surface area contributed by atoms with E-state index in [2.05, 4.69) is 51.6 Å². The number of benzene rings is 1. The SMILES string of the molecule is CC(C)c1cnc(NC2N=C(N3CCCN(C)CC3)NC(C=Cc3cccc(F)c3)N2)s1. The number of nitrogens with one attached hydrogen (secondary N) is 3. The zero-order valence-corrected chi connectivity index (χ0v) is 19.7. The van der Waals surface area contributed by atoms with Crippen LogP contribution in [0, 0.1) is 5.82 Å². The highest BCUT2D eigenvalue weighted by Gasteiger charge is 2.25. The summed E-state index contributed by atoms with van der Waals surface area (Å²) in [5.74, 6) is 1.07. The van der Waals surface area contributed by atoms with Gasteiger partial charge < -0.3 is 20.4 Å². The van der Waals surface area contributed by atoms with Crippen LogP contribution in [0.15, 0.2) is 41.5 Å². The highest BCUT2D eigenvalue weighted by molar-refractivity contribution is 7.15. The minimum absolute atomic E-state index is 0.159. The van der Waals surface area contributed by atoms with Crippen molar-refractivity contribution in [3.8, 4) is 0 Å². The summed E-state index contributed by atoms with van der Waals surface area (Å²) < 4.78 is 13.6. The summed E-state index contributed by atoms with van der Waals surface area (Å²) in [4.78, 5) is 15.3. The summed E-state index contributed by atoms with van der Waals surface area (Å²) in [6.07, 6.45) is 6.47. The molecule has 0 bridgehead atoms. The predicted molar refractivity (Wildman–Crippen MR) is 130 cm³/mol. The Hall–Kier alpha value is -2.49. The van der Waals surface area contributed by atoms with E-state index in [1.807, 2.05) is 24.4 Å². The molecule has 32 heavy (non-hydrogen) atoms. The second kappa shape index (κ2) is 10.4. The molecule has 0 amide bonds. The largest absolute Gasteiger partial charge is 0.342 e. The molecule has 0 spiro atoms. The Morgan fingerprint density at radius 1 is 1.25 bits per heavy atom. The summed E-state index contributed by atoms with van der Waals surface area (Å²) in [6, 6.07) is 6.59. The number of aliphatic imine (C=N–C) groups is 1. The molecule has 172 valence electrons. The summed E-state index contributed by atoms with van der Waals surface area (Å²) in [5, 5.41) is 11.2. The smallest absolute Gasteiger partial charge is 0.198 e. The van der Waals surface area contributed by atoms with Crippen molar-refractivity contribution in [1.29, 1.82) is 0 Å². The first-order chi connectivity index (χ1) is 15.5.